The Bertz CT molecular complexity index is 1530. The van der Waals surface area contributed by atoms with Gasteiger partial charge in [0.05, 0.1) is 15.6 Å². The number of amides is 2. The maximum Gasteiger partial charge on any atom is 0.255 e. The van der Waals surface area contributed by atoms with Crippen molar-refractivity contribution in [3.05, 3.63) is 89.1 Å². The van der Waals surface area contributed by atoms with Crippen molar-refractivity contribution >= 4 is 55.5 Å². The Balaban J connectivity index is 1.45. The monoisotopic (exact) mass is 495 g/mol. The number of nitrogens with zero attached hydrogens (tertiary/aromatic N) is 1. The summed E-state index contributed by atoms with van der Waals surface area (Å²) in [4.78, 5) is 25.3. The van der Waals surface area contributed by atoms with E-state index in [1.807, 2.05) is 41.8 Å². The average Bonchev–Trinajstić information content (AvgIpc) is 3.10. The molecule has 0 radical (unpaired) electrons. The summed E-state index contributed by atoms with van der Waals surface area (Å²) >= 11 is 6.33. The number of halogens is 1. The summed E-state index contributed by atoms with van der Waals surface area (Å²) < 4.78 is 25.4. The lowest BCUT2D eigenvalue weighted by Gasteiger charge is -2.12. The van der Waals surface area contributed by atoms with Gasteiger partial charge >= 0.3 is 0 Å². The highest BCUT2D eigenvalue weighted by atomic mass is 35.5. The van der Waals surface area contributed by atoms with Gasteiger partial charge in [-0.05, 0) is 60.8 Å². The lowest BCUT2D eigenvalue weighted by Crippen LogP contribution is -2.19. The predicted molar refractivity (Wildman–Crippen MR) is 134 cm³/mol. The minimum absolute atomic E-state index is 0.0509. The Kier molecular flexibility index (Phi) is 6.45. The van der Waals surface area contributed by atoms with Crippen molar-refractivity contribution < 1.29 is 18.0 Å². The van der Waals surface area contributed by atoms with Gasteiger partial charge in [0.25, 0.3) is 5.91 Å². The quantitative estimate of drug-likeness (QED) is 0.397. The fourth-order valence-electron chi connectivity index (χ4n) is 3.66. The van der Waals surface area contributed by atoms with Gasteiger partial charge in [0.2, 0.25) is 5.91 Å². The van der Waals surface area contributed by atoms with E-state index in [1.54, 1.807) is 18.2 Å². The van der Waals surface area contributed by atoms with E-state index >= 15 is 0 Å². The molecule has 2 N–H and O–H groups in total. The molecular formula is C25H22ClN3O4S. The predicted octanol–water partition coefficient (Wildman–Crippen LogP) is 4.90. The molecule has 0 unspecified atom stereocenters. The molecule has 9 heteroatoms. The summed E-state index contributed by atoms with van der Waals surface area (Å²) in [5, 5.41) is 6.79. The maximum atomic E-state index is 12.7. The maximum absolute atomic E-state index is 12.7. The number of rotatable bonds is 6. The van der Waals surface area contributed by atoms with E-state index in [0.717, 1.165) is 22.9 Å². The molecular weight excluding hydrogens is 474 g/mol. The fraction of sp³-hybridized carbons (Fsp3) is 0.120. The van der Waals surface area contributed by atoms with E-state index in [4.69, 9.17) is 11.6 Å². The van der Waals surface area contributed by atoms with Crippen LogP contribution in [-0.2, 0) is 21.2 Å². The van der Waals surface area contributed by atoms with Crippen molar-refractivity contribution in [3.63, 3.8) is 0 Å². The molecule has 0 aliphatic heterocycles. The van der Waals surface area contributed by atoms with Crippen LogP contribution >= 0.6 is 11.6 Å². The Morgan fingerprint density at radius 1 is 0.941 bits per heavy atom. The van der Waals surface area contributed by atoms with Gasteiger partial charge in [0.1, 0.15) is 6.54 Å². The van der Waals surface area contributed by atoms with Gasteiger partial charge in [-0.1, -0.05) is 35.9 Å². The van der Waals surface area contributed by atoms with E-state index in [-0.39, 0.29) is 27.9 Å². The summed E-state index contributed by atoms with van der Waals surface area (Å²) in [5.41, 5.74) is 2.96. The topological polar surface area (TPSA) is 97.3 Å². The number of carbonyl (C=O) groups excluding carboxylic acids is 2. The summed E-state index contributed by atoms with van der Waals surface area (Å²) in [6.45, 7) is 2.10. The van der Waals surface area contributed by atoms with Gasteiger partial charge in [0, 0.05) is 28.7 Å². The van der Waals surface area contributed by atoms with E-state index in [9.17, 15) is 18.0 Å². The average molecular weight is 496 g/mol. The number of nitrogens with one attached hydrogen (secondary N) is 2. The second-order valence-corrected chi connectivity index (χ2v) is 10.4. The second kappa shape index (κ2) is 9.32. The highest BCUT2D eigenvalue weighted by Crippen LogP contribution is 2.27. The molecule has 0 saturated carbocycles. The van der Waals surface area contributed by atoms with Gasteiger partial charge in [-0.2, -0.15) is 0 Å². The van der Waals surface area contributed by atoms with Crippen LogP contribution in [0, 0.1) is 6.92 Å². The fourth-order valence-corrected chi connectivity index (χ4v) is 4.55. The number of fused-ring (bicyclic) bond motifs is 1. The number of anilines is 2. The summed E-state index contributed by atoms with van der Waals surface area (Å²) in [6, 6.07) is 20.4. The first-order valence-electron chi connectivity index (χ1n) is 10.4. The summed E-state index contributed by atoms with van der Waals surface area (Å²) in [7, 11) is -3.44. The molecule has 1 heterocycles. The minimum atomic E-state index is -3.44. The molecule has 7 nitrogen and oxygen atoms in total. The number of carbonyl (C=O) groups is 2. The zero-order chi connectivity index (χ0) is 24.5. The Morgan fingerprint density at radius 3 is 2.44 bits per heavy atom. The number of hydrogen-bond donors (Lipinski definition) is 2. The first kappa shape index (κ1) is 23.5. The molecule has 0 bridgehead atoms. The molecule has 3 aromatic carbocycles. The highest BCUT2D eigenvalue weighted by molar-refractivity contribution is 7.90. The zero-order valence-corrected chi connectivity index (χ0v) is 20.1. The molecule has 0 atom stereocenters. The SMILES string of the molecule is Cc1cc2ccccc2n1CC(=O)Nc1ccc(NC(=O)c2cccc(S(C)(=O)=O)c2)c(Cl)c1. The van der Waals surface area contributed by atoms with Crippen LogP contribution in [-0.4, -0.2) is 31.1 Å². The smallest absolute Gasteiger partial charge is 0.255 e. The third kappa shape index (κ3) is 5.13. The third-order valence-corrected chi connectivity index (χ3v) is 6.77. The van der Waals surface area contributed by atoms with Gasteiger partial charge in [-0.15, -0.1) is 0 Å². The van der Waals surface area contributed by atoms with Crippen molar-refractivity contribution in [3.8, 4) is 0 Å². The van der Waals surface area contributed by atoms with E-state index < -0.39 is 15.7 Å². The minimum Gasteiger partial charge on any atom is -0.335 e. The van der Waals surface area contributed by atoms with E-state index in [1.165, 1.54) is 24.3 Å². The van der Waals surface area contributed by atoms with Crippen LogP contribution in [0.5, 0.6) is 0 Å². The molecule has 4 aromatic rings. The molecule has 0 saturated heterocycles. The first-order chi connectivity index (χ1) is 16.1. The lowest BCUT2D eigenvalue weighted by atomic mass is 10.2. The summed E-state index contributed by atoms with van der Waals surface area (Å²) in [6.07, 6.45) is 1.08. The molecule has 4 rings (SSSR count). The van der Waals surface area contributed by atoms with Crippen LogP contribution in [0.15, 0.2) is 77.7 Å². The van der Waals surface area contributed by atoms with Crippen LogP contribution in [0.3, 0.4) is 0 Å². The number of hydrogen-bond acceptors (Lipinski definition) is 4. The van der Waals surface area contributed by atoms with Gasteiger partial charge in [-0.25, -0.2) is 8.42 Å². The molecule has 0 aliphatic carbocycles. The summed E-state index contributed by atoms with van der Waals surface area (Å²) in [5.74, 6) is -0.714. The lowest BCUT2D eigenvalue weighted by molar-refractivity contribution is -0.116. The van der Waals surface area contributed by atoms with E-state index in [0.29, 0.717) is 11.4 Å². The zero-order valence-electron chi connectivity index (χ0n) is 18.5. The number of benzene rings is 3. The highest BCUT2D eigenvalue weighted by Gasteiger charge is 2.14. The molecule has 0 aliphatic rings. The number of aryl methyl sites for hydroxylation is 1. The second-order valence-electron chi connectivity index (χ2n) is 7.93. The first-order valence-corrected chi connectivity index (χ1v) is 12.6. The number of aromatic nitrogens is 1. The molecule has 34 heavy (non-hydrogen) atoms. The molecule has 2 amide bonds. The molecule has 0 fully saturated rings. The van der Waals surface area contributed by atoms with Crippen molar-refractivity contribution in [2.24, 2.45) is 0 Å². The number of para-hydroxylation sites is 1. The van der Waals surface area contributed by atoms with E-state index in [2.05, 4.69) is 10.6 Å². The van der Waals surface area contributed by atoms with Crippen LogP contribution in [0.4, 0.5) is 11.4 Å². The van der Waals surface area contributed by atoms with Crippen molar-refractivity contribution in [2.75, 3.05) is 16.9 Å². The van der Waals surface area contributed by atoms with Crippen LogP contribution in [0.2, 0.25) is 5.02 Å². The van der Waals surface area contributed by atoms with Crippen molar-refractivity contribution in [2.45, 2.75) is 18.4 Å². The van der Waals surface area contributed by atoms with Crippen LogP contribution in [0.1, 0.15) is 16.1 Å². The molecule has 174 valence electrons. The van der Waals surface area contributed by atoms with Crippen molar-refractivity contribution in [1.82, 2.24) is 4.57 Å². The Hall–Kier alpha value is -3.62. The normalized spacial score (nSPS) is 11.4. The molecule has 1 aromatic heterocycles. The van der Waals surface area contributed by atoms with Crippen LogP contribution < -0.4 is 10.6 Å². The Labute approximate surface area is 202 Å². The van der Waals surface area contributed by atoms with Crippen LogP contribution in [0.25, 0.3) is 10.9 Å². The largest absolute Gasteiger partial charge is 0.335 e. The standard InChI is InChI=1S/C25H22ClN3O4S/c1-16-12-17-6-3-4-9-23(17)29(16)15-24(30)27-19-10-11-22(21(26)14-19)28-25(31)18-7-5-8-20(13-18)34(2,32)33/h3-14H,15H2,1-2H3,(H,27,30)(H,28,31). The third-order valence-electron chi connectivity index (χ3n) is 5.34. The van der Waals surface area contributed by atoms with Gasteiger partial charge in [-0.3, -0.25) is 9.59 Å². The van der Waals surface area contributed by atoms with Crippen molar-refractivity contribution in [1.29, 1.82) is 0 Å². The Morgan fingerprint density at radius 2 is 1.71 bits per heavy atom. The number of sulfone groups is 1. The van der Waals surface area contributed by atoms with Gasteiger partial charge in [0.15, 0.2) is 9.84 Å². The van der Waals surface area contributed by atoms with Gasteiger partial charge < -0.3 is 15.2 Å². The molecule has 0 spiro atoms.